The monoisotopic (exact) mass is 290 g/mol. The van der Waals surface area contributed by atoms with E-state index in [-0.39, 0.29) is 0 Å². The van der Waals surface area contributed by atoms with E-state index in [9.17, 15) is 4.79 Å². The van der Waals surface area contributed by atoms with Crippen molar-refractivity contribution < 1.29 is 14.3 Å². The third kappa shape index (κ3) is 2.75. The minimum atomic E-state index is 0.595. The number of fused-ring (bicyclic) bond motifs is 5. The van der Waals surface area contributed by atoms with Gasteiger partial charge in [-0.3, -0.25) is 4.79 Å². The zero-order valence-electron chi connectivity index (χ0n) is 12.9. The Labute approximate surface area is 127 Å². The van der Waals surface area contributed by atoms with E-state index in [1.165, 1.54) is 25.7 Å². The molecule has 0 radical (unpaired) electrons. The van der Waals surface area contributed by atoms with Crippen LogP contribution in [0.1, 0.15) is 32.6 Å². The first-order valence-electron chi connectivity index (χ1n) is 8.13. The van der Waals surface area contributed by atoms with E-state index >= 15 is 0 Å². The lowest BCUT2D eigenvalue weighted by atomic mass is 9.76. The summed E-state index contributed by atoms with van der Waals surface area (Å²) in [5.41, 5.74) is 0.916. The number of hydrogen-bond donors (Lipinski definition) is 0. The maximum atomic E-state index is 10.4. The molecule has 2 bridgehead atoms. The lowest BCUT2D eigenvalue weighted by Gasteiger charge is -2.30. The Morgan fingerprint density at radius 2 is 1.86 bits per heavy atom. The summed E-state index contributed by atoms with van der Waals surface area (Å²) < 4.78 is 10.8. The third-order valence-corrected chi connectivity index (χ3v) is 6.05. The first-order valence-corrected chi connectivity index (χ1v) is 8.13. The SMILES string of the molecule is C=C(C)C(=C)OCC1CC2C3CC(COC=O)C(C3)C2C1. The maximum absolute atomic E-state index is 10.4. The zero-order chi connectivity index (χ0) is 15.0. The first kappa shape index (κ1) is 14.7. The molecule has 3 fully saturated rings. The summed E-state index contributed by atoms with van der Waals surface area (Å²) in [5.74, 6) is 5.33. The van der Waals surface area contributed by atoms with Gasteiger partial charge in [0.05, 0.1) is 13.2 Å². The maximum Gasteiger partial charge on any atom is 0.293 e. The molecule has 3 rings (SSSR count). The number of hydrogen-bond acceptors (Lipinski definition) is 3. The highest BCUT2D eigenvalue weighted by molar-refractivity contribution is 5.36. The largest absolute Gasteiger partial charge is 0.494 e. The van der Waals surface area contributed by atoms with Gasteiger partial charge in [-0.25, -0.2) is 0 Å². The molecule has 6 atom stereocenters. The molecule has 0 aliphatic heterocycles. The lowest BCUT2D eigenvalue weighted by molar-refractivity contribution is -0.130. The Hall–Kier alpha value is -1.25. The fourth-order valence-electron chi connectivity index (χ4n) is 5.16. The lowest BCUT2D eigenvalue weighted by Crippen LogP contribution is -2.27. The molecule has 116 valence electrons. The highest BCUT2D eigenvalue weighted by Gasteiger charge is 2.55. The summed E-state index contributed by atoms with van der Waals surface area (Å²) in [6.45, 7) is 11.7. The molecule has 0 amide bonds. The predicted octanol–water partition coefficient (Wildman–Crippen LogP) is 3.56. The number of carbonyl (C=O) groups excluding carboxylic acids is 1. The van der Waals surface area contributed by atoms with Crippen molar-refractivity contribution in [3.05, 3.63) is 24.5 Å². The Bertz CT molecular complexity index is 442. The highest BCUT2D eigenvalue weighted by atomic mass is 16.5. The summed E-state index contributed by atoms with van der Waals surface area (Å²) in [4.78, 5) is 10.4. The van der Waals surface area contributed by atoms with Gasteiger partial charge in [0.15, 0.2) is 0 Å². The van der Waals surface area contributed by atoms with E-state index in [1.54, 1.807) is 0 Å². The van der Waals surface area contributed by atoms with Gasteiger partial charge in [-0.2, -0.15) is 0 Å². The average Bonchev–Trinajstić information content (AvgIpc) is 3.12. The van der Waals surface area contributed by atoms with Gasteiger partial charge >= 0.3 is 0 Å². The molecule has 6 unspecified atom stereocenters. The van der Waals surface area contributed by atoms with E-state index in [2.05, 4.69) is 13.2 Å². The fourth-order valence-corrected chi connectivity index (χ4v) is 5.16. The number of allylic oxidation sites excluding steroid dienone is 1. The minimum absolute atomic E-state index is 0.595. The van der Waals surface area contributed by atoms with Crippen LogP contribution < -0.4 is 0 Å². The van der Waals surface area contributed by atoms with Crippen molar-refractivity contribution in [3.63, 3.8) is 0 Å². The number of ether oxygens (including phenoxy) is 2. The number of carbonyl (C=O) groups is 1. The van der Waals surface area contributed by atoms with Crippen LogP contribution >= 0.6 is 0 Å². The Morgan fingerprint density at radius 1 is 1.10 bits per heavy atom. The highest BCUT2D eigenvalue weighted by Crippen LogP contribution is 2.62. The van der Waals surface area contributed by atoms with Crippen molar-refractivity contribution in [1.82, 2.24) is 0 Å². The second-order valence-electron chi connectivity index (χ2n) is 7.26. The van der Waals surface area contributed by atoms with Crippen molar-refractivity contribution >= 4 is 6.47 Å². The second-order valence-corrected chi connectivity index (χ2v) is 7.26. The summed E-state index contributed by atoms with van der Waals surface area (Å²) in [6, 6.07) is 0. The molecule has 0 aromatic heterocycles. The number of rotatable bonds is 7. The summed E-state index contributed by atoms with van der Waals surface area (Å²) in [7, 11) is 0. The molecule has 0 N–H and O–H groups in total. The van der Waals surface area contributed by atoms with Crippen LogP contribution in [0.3, 0.4) is 0 Å². The topological polar surface area (TPSA) is 35.5 Å². The van der Waals surface area contributed by atoms with E-state index in [4.69, 9.17) is 9.47 Å². The Kier molecular flexibility index (Phi) is 4.10. The van der Waals surface area contributed by atoms with Crippen molar-refractivity contribution in [2.45, 2.75) is 32.6 Å². The Balaban J connectivity index is 1.52. The first-order chi connectivity index (χ1) is 10.1. The van der Waals surface area contributed by atoms with Crippen LogP contribution in [0, 0.1) is 35.5 Å². The van der Waals surface area contributed by atoms with Crippen molar-refractivity contribution in [3.8, 4) is 0 Å². The Morgan fingerprint density at radius 3 is 2.57 bits per heavy atom. The molecule has 0 aromatic rings. The average molecular weight is 290 g/mol. The smallest absolute Gasteiger partial charge is 0.293 e. The normalized spacial score (nSPS) is 39.9. The van der Waals surface area contributed by atoms with Gasteiger partial charge in [0.1, 0.15) is 5.76 Å². The van der Waals surface area contributed by atoms with Gasteiger partial charge in [0.25, 0.3) is 6.47 Å². The molecule has 3 aliphatic rings. The van der Waals surface area contributed by atoms with Crippen molar-refractivity contribution in [2.24, 2.45) is 35.5 Å². The van der Waals surface area contributed by atoms with Crippen LogP contribution in [-0.2, 0) is 14.3 Å². The fraction of sp³-hybridized carbons (Fsp3) is 0.722. The van der Waals surface area contributed by atoms with Crippen molar-refractivity contribution in [2.75, 3.05) is 13.2 Å². The summed E-state index contributed by atoms with van der Waals surface area (Å²) in [6.07, 6.45) is 5.18. The van der Waals surface area contributed by atoms with Crippen LogP contribution in [0.25, 0.3) is 0 Å². The molecule has 3 nitrogen and oxygen atoms in total. The second kappa shape index (κ2) is 5.86. The zero-order valence-corrected chi connectivity index (χ0v) is 12.9. The minimum Gasteiger partial charge on any atom is -0.494 e. The molecular formula is C18H26O3. The molecule has 0 aromatic carbocycles. The molecule has 3 heteroatoms. The van der Waals surface area contributed by atoms with E-state index in [0.717, 1.165) is 41.6 Å². The van der Waals surface area contributed by atoms with Crippen LogP contribution in [0.5, 0.6) is 0 Å². The van der Waals surface area contributed by atoms with Gasteiger partial charge in [0.2, 0.25) is 0 Å². The van der Waals surface area contributed by atoms with E-state index < -0.39 is 0 Å². The van der Waals surface area contributed by atoms with Crippen molar-refractivity contribution in [1.29, 1.82) is 0 Å². The van der Waals surface area contributed by atoms with E-state index in [1.807, 2.05) is 6.92 Å². The predicted molar refractivity (Wildman–Crippen MR) is 81.3 cm³/mol. The molecule has 3 aliphatic carbocycles. The van der Waals surface area contributed by atoms with Crippen LogP contribution in [0.4, 0.5) is 0 Å². The van der Waals surface area contributed by atoms with Gasteiger partial charge < -0.3 is 9.47 Å². The summed E-state index contributed by atoms with van der Waals surface area (Å²) in [5, 5.41) is 0. The quantitative estimate of drug-likeness (QED) is 0.408. The third-order valence-electron chi connectivity index (χ3n) is 6.05. The molecule has 0 spiro atoms. The van der Waals surface area contributed by atoms with Gasteiger partial charge in [0, 0.05) is 0 Å². The van der Waals surface area contributed by atoms with E-state index in [0.29, 0.717) is 24.9 Å². The van der Waals surface area contributed by atoms with Crippen LogP contribution in [0.2, 0.25) is 0 Å². The van der Waals surface area contributed by atoms with Crippen LogP contribution in [0.15, 0.2) is 24.5 Å². The van der Waals surface area contributed by atoms with Gasteiger partial charge in [-0.05, 0) is 73.7 Å². The molecule has 0 saturated heterocycles. The molecule has 0 heterocycles. The standard InChI is InChI=1S/C18H26O3/c1-11(2)12(3)21-8-13-4-16-14-6-15(9-20-10-19)17(7-14)18(16)5-13/h10,13-18H,1,3-9H2,2H3. The van der Waals surface area contributed by atoms with Crippen LogP contribution in [-0.4, -0.2) is 19.7 Å². The molecule has 3 saturated carbocycles. The molecule has 21 heavy (non-hydrogen) atoms. The summed E-state index contributed by atoms with van der Waals surface area (Å²) >= 11 is 0. The molecular weight excluding hydrogens is 264 g/mol. The van der Waals surface area contributed by atoms with Gasteiger partial charge in [-0.15, -0.1) is 0 Å². The van der Waals surface area contributed by atoms with Gasteiger partial charge in [-0.1, -0.05) is 13.2 Å².